The van der Waals surface area contributed by atoms with E-state index >= 15 is 0 Å². The van der Waals surface area contributed by atoms with E-state index in [1.54, 1.807) is 12.1 Å². The normalized spacial score (nSPS) is 10.3. The monoisotopic (exact) mass is 270 g/mol. The zero-order valence-electron chi connectivity index (χ0n) is 11.7. The molecule has 0 amide bonds. The fourth-order valence-corrected chi connectivity index (χ4v) is 2.16. The Labute approximate surface area is 118 Å². The molecule has 0 heterocycles. The average molecular weight is 270 g/mol. The van der Waals surface area contributed by atoms with Gasteiger partial charge in [0.1, 0.15) is 0 Å². The Morgan fingerprint density at radius 1 is 1.15 bits per heavy atom. The molecule has 0 aliphatic carbocycles. The molecule has 0 unspecified atom stereocenters. The summed E-state index contributed by atoms with van der Waals surface area (Å²) < 4.78 is 0. The number of nitro groups is 1. The Kier molecular flexibility index (Phi) is 4.35. The summed E-state index contributed by atoms with van der Waals surface area (Å²) in [6.07, 6.45) is 0.629. The van der Waals surface area contributed by atoms with Crippen LogP contribution in [0, 0.1) is 24.0 Å². The van der Waals surface area contributed by atoms with E-state index in [9.17, 15) is 10.1 Å². The standard InChI is InChI=1S/C16H18N2O2/c1-12-7-8-13(2)15(11-12)17-10-9-14-5-3-4-6-16(14)18(19)20/h3-8,11,17H,9-10H2,1-2H3. The number of benzene rings is 2. The number of anilines is 1. The van der Waals surface area contributed by atoms with Crippen molar-refractivity contribution in [3.05, 3.63) is 69.3 Å². The first kappa shape index (κ1) is 14.1. The zero-order valence-corrected chi connectivity index (χ0v) is 11.7. The maximum Gasteiger partial charge on any atom is 0.272 e. The molecular weight excluding hydrogens is 252 g/mol. The summed E-state index contributed by atoms with van der Waals surface area (Å²) in [6, 6.07) is 13.1. The summed E-state index contributed by atoms with van der Waals surface area (Å²) in [4.78, 5) is 10.6. The third-order valence-corrected chi connectivity index (χ3v) is 3.29. The zero-order chi connectivity index (χ0) is 14.5. The molecule has 0 saturated carbocycles. The van der Waals surface area contributed by atoms with Crippen LogP contribution in [-0.2, 0) is 6.42 Å². The first-order valence-electron chi connectivity index (χ1n) is 6.61. The van der Waals surface area contributed by atoms with Crippen molar-refractivity contribution in [2.24, 2.45) is 0 Å². The smallest absolute Gasteiger partial charge is 0.272 e. The van der Waals surface area contributed by atoms with Crippen molar-refractivity contribution < 1.29 is 4.92 Å². The van der Waals surface area contributed by atoms with Gasteiger partial charge in [-0.15, -0.1) is 0 Å². The van der Waals surface area contributed by atoms with Gasteiger partial charge in [-0.2, -0.15) is 0 Å². The highest BCUT2D eigenvalue weighted by molar-refractivity contribution is 5.52. The highest BCUT2D eigenvalue weighted by atomic mass is 16.6. The van der Waals surface area contributed by atoms with Crippen molar-refractivity contribution in [2.75, 3.05) is 11.9 Å². The highest BCUT2D eigenvalue weighted by Crippen LogP contribution is 2.19. The molecule has 2 rings (SSSR count). The number of nitrogens with one attached hydrogen (secondary N) is 1. The van der Waals surface area contributed by atoms with Crippen LogP contribution in [0.5, 0.6) is 0 Å². The molecule has 104 valence electrons. The van der Waals surface area contributed by atoms with Crippen LogP contribution >= 0.6 is 0 Å². The molecule has 0 fully saturated rings. The van der Waals surface area contributed by atoms with Crippen molar-refractivity contribution in [3.63, 3.8) is 0 Å². The Balaban J connectivity index is 2.03. The molecule has 0 atom stereocenters. The molecule has 20 heavy (non-hydrogen) atoms. The molecule has 2 aromatic rings. The van der Waals surface area contributed by atoms with E-state index in [-0.39, 0.29) is 10.6 Å². The summed E-state index contributed by atoms with van der Waals surface area (Å²) in [5, 5.41) is 14.3. The van der Waals surface area contributed by atoms with Crippen LogP contribution in [0.25, 0.3) is 0 Å². The summed E-state index contributed by atoms with van der Waals surface area (Å²) in [5.41, 5.74) is 4.41. The molecule has 0 aromatic heterocycles. The fraction of sp³-hybridized carbons (Fsp3) is 0.250. The molecule has 4 heteroatoms. The quantitative estimate of drug-likeness (QED) is 0.663. The minimum atomic E-state index is -0.326. The molecule has 0 aliphatic rings. The van der Waals surface area contributed by atoms with Crippen LogP contribution in [0.2, 0.25) is 0 Å². The first-order valence-corrected chi connectivity index (χ1v) is 6.61. The van der Waals surface area contributed by atoms with Gasteiger partial charge in [-0.1, -0.05) is 30.3 Å². The Morgan fingerprint density at radius 2 is 1.90 bits per heavy atom. The van der Waals surface area contributed by atoms with E-state index in [4.69, 9.17) is 0 Å². The molecule has 2 aromatic carbocycles. The molecule has 4 nitrogen and oxygen atoms in total. The van der Waals surface area contributed by atoms with Gasteiger partial charge in [-0.25, -0.2) is 0 Å². The van der Waals surface area contributed by atoms with E-state index in [2.05, 4.69) is 23.5 Å². The van der Waals surface area contributed by atoms with Crippen LogP contribution in [-0.4, -0.2) is 11.5 Å². The molecule has 0 aliphatic heterocycles. The minimum absolute atomic E-state index is 0.190. The second-order valence-electron chi connectivity index (χ2n) is 4.88. The lowest BCUT2D eigenvalue weighted by molar-refractivity contribution is -0.385. The molecule has 0 saturated heterocycles. The van der Waals surface area contributed by atoms with Crippen molar-refractivity contribution >= 4 is 11.4 Å². The fourth-order valence-electron chi connectivity index (χ4n) is 2.16. The van der Waals surface area contributed by atoms with Gasteiger partial charge in [0.2, 0.25) is 0 Å². The van der Waals surface area contributed by atoms with E-state index in [0.29, 0.717) is 13.0 Å². The lowest BCUT2D eigenvalue weighted by Gasteiger charge is -2.10. The Hall–Kier alpha value is -2.36. The van der Waals surface area contributed by atoms with E-state index in [0.717, 1.165) is 11.3 Å². The summed E-state index contributed by atoms with van der Waals surface area (Å²) in [5.74, 6) is 0. The molecular formula is C16H18N2O2. The molecule has 0 bridgehead atoms. The lowest BCUT2D eigenvalue weighted by atomic mass is 10.1. The lowest BCUT2D eigenvalue weighted by Crippen LogP contribution is -2.07. The number of nitro benzene ring substituents is 1. The van der Waals surface area contributed by atoms with Gasteiger partial charge in [0.15, 0.2) is 0 Å². The predicted molar refractivity (Wildman–Crippen MR) is 81.2 cm³/mol. The third-order valence-electron chi connectivity index (χ3n) is 3.29. The number of aryl methyl sites for hydroxylation is 2. The van der Waals surface area contributed by atoms with Crippen molar-refractivity contribution in [1.82, 2.24) is 0 Å². The predicted octanol–water partition coefficient (Wildman–Crippen LogP) is 3.87. The van der Waals surface area contributed by atoms with E-state index in [1.165, 1.54) is 11.1 Å². The van der Waals surface area contributed by atoms with Crippen molar-refractivity contribution in [2.45, 2.75) is 20.3 Å². The maximum atomic E-state index is 10.9. The average Bonchev–Trinajstić information content (AvgIpc) is 2.43. The molecule has 0 radical (unpaired) electrons. The molecule has 1 N–H and O–H groups in total. The Bertz CT molecular complexity index is 624. The van der Waals surface area contributed by atoms with E-state index in [1.807, 2.05) is 26.0 Å². The van der Waals surface area contributed by atoms with Gasteiger partial charge >= 0.3 is 0 Å². The number of rotatable bonds is 5. The third kappa shape index (κ3) is 3.35. The summed E-state index contributed by atoms with van der Waals surface area (Å²) >= 11 is 0. The van der Waals surface area contributed by atoms with Crippen molar-refractivity contribution in [3.8, 4) is 0 Å². The summed E-state index contributed by atoms with van der Waals surface area (Å²) in [6.45, 7) is 4.77. The van der Waals surface area contributed by atoms with Gasteiger partial charge in [-0.3, -0.25) is 10.1 Å². The molecule has 0 spiro atoms. The minimum Gasteiger partial charge on any atom is -0.384 e. The SMILES string of the molecule is Cc1ccc(C)c(NCCc2ccccc2[N+](=O)[O-])c1. The van der Waals surface area contributed by atoms with Gasteiger partial charge < -0.3 is 5.32 Å². The van der Waals surface area contributed by atoms with Crippen LogP contribution in [0.1, 0.15) is 16.7 Å². The number of nitrogens with zero attached hydrogens (tertiary/aromatic N) is 1. The number of hydrogen-bond donors (Lipinski definition) is 1. The van der Waals surface area contributed by atoms with Gasteiger partial charge in [0, 0.05) is 23.9 Å². The van der Waals surface area contributed by atoms with Crippen LogP contribution in [0.3, 0.4) is 0 Å². The van der Waals surface area contributed by atoms with Crippen LogP contribution in [0.15, 0.2) is 42.5 Å². The second-order valence-corrected chi connectivity index (χ2v) is 4.88. The maximum absolute atomic E-state index is 10.9. The highest BCUT2D eigenvalue weighted by Gasteiger charge is 2.11. The van der Waals surface area contributed by atoms with Crippen LogP contribution in [0.4, 0.5) is 11.4 Å². The topological polar surface area (TPSA) is 55.2 Å². The number of hydrogen-bond acceptors (Lipinski definition) is 3. The van der Waals surface area contributed by atoms with Gasteiger partial charge in [0.05, 0.1) is 4.92 Å². The van der Waals surface area contributed by atoms with E-state index < -0.39 is 0 Å². The van der Waals surface area contributed by atoms with Crippen molar-refractivity contribution in [1.29, 1.82) is 0 Å². The Morgan fingerprint density at radius 3 is 2.65 bits per heavy atom. The van der Waals surface area contributed by atoms with Crippen LogP contribution < -0.4 is 5.32 Å². The second kappa shape index (κ2) is 6.19. The largest absolute Gasteiger partial charge is 0.384 e. The van der Waals surface area contributed by atoms with Gasteiger partial charge in [-0.05, 0) is 37.5 Å². The van der Waals surface area contributed by atoms with Gasteiger partial charge in [0.25, 0.3) is 5.69 Å². The first-order chi connectivity index (χ1) is 9.58. The summed E-state index contributed by atoms with van der Waals surface area (Å²) in [7, 11) is 0. The number of para-hydroxylation sites is 1.